The zero-order valence-corrected chi connectivity index (χ0v) is 35.1. The Morgan fingerprint density at radius 2 is 0.786 bits per heavy atom. The van der Waals surface area contributed by atoms with Crippen molar-refractivity contribution in [2.75, 3.05) is 85.8 Å². The van der Waals surface area contributed by atoms with Crippen molar-refractivity contribution < 1.29 is 57.5 Å². The van der Waals surface area contributed by atoms with Crippen LogP contribution < -0.4 is 10.6 Å². The van der Waals surface area contributed by atoms with Crippen LogP contribution >= 0.6 is 0 Å². The number of amides is 2. The Labute approximate surface area is 337 Å². The summed E-state index contributed by atoms with van der Waals surface area (Å²) in [4.78, 5) is 58.1. The normalized spacial score (nSPS) is 11.8. The summed E-state index contributed by atoms with van der Waals surface area (Å²) >= 11 is 0. The Morgan fingerprint density at radius 3 is 1.16 bits per heavy atom. The lowest BCUT2D eigenvalue weighted by Gasteiger charge is -2.16. The van der Waals surface area contributed by atoms with Gasteiger partial charge in [-0.3, -0.25) is 24.0 Å². The first-order valence-corrected chi connectivity index (χ1v) is 21.5. The van der Waals surface area contributed by atoms with Gasteiger partial charge < -0.3 is 44.2 Å². The van der Waals surface area contributed by atoms with Crippen LogP contribution in [0, 0.1) is 0 Å². The number of ketones is 2. The SMILES string of the molecule is CC(=O)CCOCCOCCOCCOCCOCCOCCNC(=O)CC[C@H](NC(=O)CCCCCCCCCCCCCCCCCCC(=O)O)C(C)=O. The quantitative estimate of drug-likeness (QED) is 0.0599. The van der Waals surface area contributed by atoms with E-state index in [0.29, 0.717) is 105 Å². The third kappa shape index (κ3) is 42.6. The minimum atomic E-state index is -0.692. The van der Waals surface area contributed by atoms with Crippen LogP contribution in [0.3, 0.4) is 0 Å². The van der Waals surface area contributed by atoms with Crippen molar-refractivity contribution in [3.63, 3.8) is 0 Å². The molecule has 0 aromatic carbocycles. The molecule has 0 saturated carbocycles. The molecule has 0 aromatic heterocycles. The van der Waals surface area contributed by atoms with Gasteiger partial charge in [0, 0.05) is 32.2 Å². The number of nitrogens with one attached hydrogen (secondary N) is 2. The van der Waals surface area contributed by atoms with Crippen LogP contribution in [0.5, 0.6) is 0 Å². The molecule has 0 bridgehead atoms. The van der Waals surface area contributed by atoms with Crippen LogP contribution in [0.25, 0.3) is 0 Å². The number of aliphatic carboxylic acids is 1. The van der Waals surface area contributed by atoms with E-state index in [1.807, 2.05) is 0 Å². The van der Waals surface area contributed by atoms with Gasteiger partial charge >= 0.3 is 5.97 Å². The van der Waals surface area contributed by atoms with Gasteiger partial charge in [-0.25, -0.2) is 0 Å². The van der Waals surface area contributed by atoms with Crippen molar-refractivity contribution in [1.29, 1.82) is 0 Å². The summed E-state index contributed by atoms with van der Waals surface area (Å²) in [6.07, 6.45) is 20.0. The number of unbranched alkanes of at least 4 members (excludes halogenated alkanes) is 15. The molecule has 0 spiro atoms. The van der Waals surface area contributed by atoms with Gasteiger partial charge in [-0.15, -0.1) is 0 Å². The lowest BCUT2D eigenvalue weighted by Crippen LogP contribution is -2.40. The zero-order valence-electron chi connectivity index (χ0n) is 35.1. The van der Waals surface area contributed by atoms with Gasteiger partial charge in [0.15, 0.2) is 5.78 Å². The molecule has 0 fully saturated rings. The molecular weight excluding hydrogens is 724 g/mol. The largest absolute Gasteiger partial charge is 0.481 e. The first kappa shape index (κ1) is 53.5. The molecule has 0 radical (unpaired) electrons. The summed E-state index contributed by atoms with van der Waals surface area (Å²) in [5, 5.41) is 14.2. The van der Waals surface area contributed by atoms with E-state index in [9.17, 15) is 24.0 Å². The lowest BCUT2D eigenvalue weighted by atomic mass is 10.0. The van der Waals surface area contributed by atoms with Crippen molar-refractivity contribution in [2.45, 2.75) is 155 Å². The molecule has 14 nitrogen and oxygen atoms in total. The third-order valence-corrected chi connectivity index (χ3v) is 9.06. The summed E-state index contributed by atoms with van der Waals surface area (Å²) in [7, 11) is 0. The molecule has 2 amide bonds. The predicted octanol–water partition coefficient (Wildman–Crippen LogP) is 6.14. The van der Waals surface area contributed by atoms with Gasteiger partial charge in [0.2, 0.25) is 11.8 Å². The van der Waals surface area contributed by atoms with Crippen LogP contribution in [0.15, 0.2) is 0 Å². The molecule has 1 atom stereocenters. The molecule has 0 aromatic rings. The maximum atomic E-state index is 12.4. The molecule has 328 valence electrons. The third-order valence-electron chi connectivity index (χ3n) is 9.06. The van der Waals surface area contributed by atoms with E-state index in [1.54, 1.807) is 0 Å². The second-order valence-electron chi connectivity index (χ2n) is 14.3. The van der Waals surface area contributed by atoms with Crippen molar-refractivity contribution in [3.8, 4) is 0 Å². The van der Waals surface area contributed by atoms with Gasteiger partial charge in [0.05, 0.1) is 85.3 Å². The average molecular weight is 803 g/mol. The predicted molar refractivity (Wildman–Crippen MR) is 216 cm³/mol. The Hall–Kier alpha value is -2.49. The Morgan fingerprint density at radius 1 is 0.429 bits per heavy atom. The Balaban J connectivity index is 3.53. The fourth-order valence-electron chi connectivity index (χ4n) is 5.72. The average Bonchev–Trinajstić information content (AvgIpc) is 3.16. The monoisotopic (exact) mass is 803 g/mol. The van der Waals surface area contributed by atoms with Crippen molar-refractivity contribution in [1.82, 2.24) is 10.6 Å². The van der Waals surface area contributed by atoms with E-state index in [-0.39, 0.29) is 36.2 Å². The van der Waals surface area contributed by atoms with Crippen LogP contribution in [0.4, 0.5) is 0 Å². The maximum absolute atomic E-state index is 12.4. The number of carbonyl (C=O) groups excluding carboxylic acids is 4. The minimum absolute atomic E-state index is 0.112. The van der Waals surface area contributed by atoms with Crippen LogP contribution in [-0.2, 0) is 52.4 Å². The number of rotatable bonds is 45. The second kappa shape index (κ2) is 42.1. The maximum Gasteiger partial charge on any atom is 0.303 e. The second-order valence-corrected chi connectivity index (χ2v) is 14.3. The molecular formula is C42H78N2O12. The molecule has 0 heterocycles. The van der Waals surface area contributed by atoms with Crippen molar-refractivity contribution in [3.05, 3.63) is 0 Å². The molecule has 0 rings (SSSR count). The van der Waals surface area contributed by atoms with Gasteiger partial charge in [-0.1, -0.05) is 89.9 Å². The van der Waals surface area contributed by atoms with Gasteiger partial charge in [0.1, 0.15) is 5.78 Å². The summed E-state index contributed by atoms with van der Waals surface area (Å²) in [6.45, 7) is 8.55. The minimum Gasteiger partial charge on any atom is -0.481 e. The summed E-state index contributed by atoms with van der Waals surface area (Å²) in [5.41, 5.74) is 0. The van der Waals surface area contributed by atoms with E-state index in [0.717, 1.165) is 38.5 Å². The molecule has 14 heteroatoms. The summed E-state index contributed by atoms with van der Waals surface area (Å²) in [5.74, 6) is -1.06. The van der Waals surface area contributed by atoms with Crippen LogP contribution in [0.2, 0.25) is 0 Å². The fraction of sp³-hybridized carbons (Fsp3) is 0.881. The highest BCUT2D eigenvalue weighted by Crippen LogP contribution is 2.14. The summed E-state index contributed by atoms with van der Waals surface area (Å²) in [6, 6.07) is -0.657. The van der Waals surface area contributed by atoms with E-state index in [4.69, 9.17) is 33.5 Å². The number of hydrogen-bond donors (Lipinski definition) is 3. The number of Topliss-reactive ketones (excluding diaryl/α,β-unsaturated/α-hetero) is 2. The Kier molecular flexibility index (Phi) is 40.3. The highest BCUT2D eigenvalue weighted by atomic mass is 16.6. The number of carboxylic acid groups (broad SMARTS) is 1. The summed E-state index contributed by atoms with van der Waals surface area (Å²) < 4.78 is 32.5. The zero-order chi connectivity index (χ0) is 41.2. The van der Waals surface area contributed by atoms with E-state index in [1.165, 1.54) is 78.1 Å². The number of hydrogen-bond acceptors (Lipinski definition) is 11. The van der Waals surface area contributed by atoms with E-state index >= 15 is 0 Å². The molecule has 3 N–H and O–H groups in total. The molecule has 0 aliphatic rings. The Bertz CT molecular complexity index is 968. The molecule has 56 heavy (non-hydrogen) atoms. The van der Waals surface area contributed by atoms with Crippen molar-refractivity contribution in [2.24, 2.45) is 0 Å². The molecule has 0 aliphatic heterocycles. The fourth-order valence-corrected chi connectivity index (χ4v) is 5.72. The van der Waals surface area contributed by atoms with Crippen LogP contribution in [0.1, 0.15) is 149 Å². The number of carboxylic acids is 1. The van der Waals surface area contributed by atoms with E-state index < -0.39 is 12.0 Å². The van der Waals surface area contributed by atoms with Crippen LogP contribution in [-0.4, -0.2) is 126 Å². The molecule has 0 saturated heterocycles. The topological polar surface area (TPSA) is 185 Å². The highest BCUT2D eigenvalue weighted by molar-refractivity contribution is 5.88. The standard InChI is InChI=1S/C42H78N2O12/c1-37(45)23-25-51-27-29-53-31-33-55-35-36-56-34-32-54-30-28-52-26-24-43-40(47)22-21-39(38(2)46)44-41(48)19-17-15-13-11-9-7-5-3-4-6-8-10-12-14-16-18-20-42(49)50/h39H,3-36H2,1-2H3,(H,43,47)(H,44,48)(H,49,50)/t39-/m0/s1. The van der Waals surface area contributed by atoms with E-state index in [2.05, 4.69) is 10.6 Å². The van der Waals surface area contributed by atoms with Gasteiger partial charge in [-0.05, 0) is 33.1 Å². The van der Waals surface area contributed by atoms with Gasteiger partial charge in [0.25, 0.3) is 0 Å². The van der Waals surface area contributed by atoms with Gasteiger partial charge in [-0.2, -0.15) is 0 Å². The lowest BCUT2D eigenvalue weighted by molar-refractivity contribution is -0.137. The number of carbonyl (C=O) groups is 5. The molecule has 0 unspecified atom stereocenters. The highest BCUT2D eigenvalue weighted by Gasteiger charge is 2.18. The van der Waals surface area contributed by atoms with Crippen molar-refractivity contribution >= 4 is 29.4 Å². The first-order chi connectivity index (χ1) is 27.2. The smallest absolute Gasteiger partial charge is 0.303 e. The molecule has 0 aliphatic carbocycles. The number of ether oxygens (including phenoxy) is 6. The first-order valence-electron chi connectivity index (χ1n) is 21.5.